The van der Waals surface area contributed by atoms with Gasteiger partial charge in [0.05, 0.1) is 4.90 Å². The molecular formula is C15H21NO5S. The molecule has 22 heavy (non-hydrogen) atoms. The van der Waals surface area contributed by atoms with Crippen LogP contribution in [0.5, 0.6) is 0 Å². The van der Waals surface area contributed by atoms with Gasteiger partial charge in [-0.2, -0.15) is 0 Å². The standard InChI is InChI=1S/C15H21NO5S/c1-5-9(2)13(15(18)19)16-14(17)12-8-11(22(4,20)21)7-6-10(12)3/h6-9,13H,5H2,1-4H3,(H,16,17)(H,18,19)/t9-,13-/m0/s1. The van der Waals surface area contributed by atoms with E-state index in [4.69, 9.17) is 0 Å². The summed E-state index contributed by atoms with van der Waals surface area (Å²) in [5.74, 6) is -1.94. The van der Waals surface area contributed by atoms with Crippen molar-refractivity contribution in [2.24, 2.45) is 5.92 Å². The smallest absolute Gasteiger partial charge is 0.326 e. The quantitative estimate of drug-likeness (QED) is 0.827. The molecule has 1 rings (SSSR count). The van der Waals surface area contributed by atoms with Gasteiger partial charge in [-0.25, -0.2) is 13.2 Å². The Balaban J connectivity index is 3.15. The summed E-state index contributed by atoms with van der Waals surface area (Å²) in [6, 6.07) is 3.21. The van der Waals surface area contributed by atoms with Crippen molar-refractivity contribution in [2.75, 3.05) is 6.26 Å². The van der Waals surface area contributed by atoms with Crippen LogP contribution in [0.3, 0.4) is 0 Å². The second-order valence-corrected chi connectivity index (χ2v) is 7.44. The molecule has 0 saturated heterocycles. The van der Waals surface area contributed by atoms with Crippen LogP contribution in [0.25, 0.3) is 0 Å². The van der Waals surface area contributed by atoms with Gasteiger partial charge in [-0.3, -0.25) is 4.79 Å². The minimum absolute atomic E-state index is 0.0265. The molecule has 122 valence electrons. The molecule has 0 aliphatic carbocycles. The first-order chi connectivity index (χ1) is 10.1. The van der Waals surface area contributed by atoms with Gasteiger partial charge in [-0.05, 0) is 30.5 Å². The molecule has 0 spiro atoms. The summed E-state index contributed by atoms with van der Waals surface area (Å²) in [4.78, 5) is 23.6. The van der Waals surface area contributed by atoms with E-state index in [-0.39, 0.29) is 16.4 Å². The lowest BCUT2D eigenvalue weighted by atomic mass is 9.98. The zero-order valence-electron chi connectivity index (χ0n) is 13.1. The highest BCUT2D eigenvalue weighted by Crippen LogP contribution is 2.17. The highest BCUT2D eigenvalue weighted by atomic mass is 32.2. The molecule has 0 aliphatic heterocycles. The van der Waals surface area contributed by atoms with Crippen molar-refractivity contribution >= 4 is 21.7 Å². The SMILES string of the molecule is CC[C@H](C)[C@H](NC(=O)c1cc(S(C)(=O)=O)ccc1C)C(=O)O. The predicted molar refractivity (Wildman–Crippen MR) is 82.6 cm³/mol. The van der Waals surface area contributed by atoms with E-state index in [0.29, 0.717) is 12.0 Å². The summed E-state index contributed by atoms with van der Waals surface area (Å²) in [7, 11) is -3.44. The number of sulfone groups is 1. The number of aryl methyl sites for hydroxylation is 1. The Hall–Kier alpha value is -1.89. The molecule has 0 radical (unpaired) electrons. The number of aliphatic carboxylic acids is 1. The van der Waals surface area contributed by atoms with Crippen LogP contribution in [-0.4, -0.2) is 37.7 Å². The molecule has 0 saturated carbocycles. The molecule has 1 aromatic carbocycles. The van der Waals surface area contributed by atoms with Crippen LogP contribution >= 0.6 is 0 Å². The number of carboxylic acids is 1. The third-order valence-corrected chi connectivity index (χ3v) is 4.76. The van der Waals surface area contributed by atoms with Gasteiger partial charge in [-0.1, -0.05) is 26.3 Å². The second-order valence-electron chi connectivity index (χ2n) is 5.42. The number of rotatable bonds is 6. The summed E-state index contributed by atoms with van der Waals surface area (Å²) in [5.41, 5.74) is 0.746. The summed E-state index contributed by atoms with van der Waals surface area (Å²) in [6.45, 7) is 5.24. The maximum Gasteiger partial charge on any atom is 0.326 e. The van der Waals surface area contributed by atoms with Gasteiger partial charge in [0.2, 0.25) is 0 Å². The lowest BCUT2D eigenvalue weighted by molar-refractivity contribution is -0.140. The average molecular weight is 327 g/mol. The van der Waals surface area contributed by atoms with E-state index < -0.39 is 27.8 Å². The van der Waals surface area contributed by atoms with Crippen LogP contribution in [0.1, 0.15) is 36.2 Å². The normalized spacial score (nSPS) is 14.2. The van der Waals surface area contributed by atoms with E-state index >= 15 is 0 Å². The molecule has 0 aromatic heterocycles. The Morgan fingerprint density at radius 3 is 2.36 bits per heavy atom. The molecule has 1 aromatic rings. The summed E-state index contributed by atoms with van der Waals surface area (Å²) >= 11 is 0. The van der Waals surface area contributed by atoms with Gasteiger partial charge in [0, 0.05) is 11.8 Å². The third kappa shape index (κ3) is 4.30. The molecule has 6 nitrogen and oxygen atoms in total. The van der Waals surface area contributed by atoms with Crippen LogP contribution in [-0.2, 0) is 14.6 Å². The van der Waals surface area contributed by atoms with E-state index in [0.717, 1.165) is 6.26 Å². The van der Waals surface area contributed by atoms with E-state index in [1.54, 1.807) is 13.8 Å². The number of amides is 1. The predicted octanol–water partition coefficient (Wildman–Crippen LogP) is 1.63. The fourth-order valence-corrected chi connectivity index (χ4v) is 2.63. The molecule has 1 amide bonds. The maximum absolute atomic E-state index is 12.3. The van der Waals surface area contributed by atoms with Crippen molar-refractivity contribution in [2.45, 2.75) is 38.1 Å². The number of carboxylic acid groups (broad SMARTS) is 1. The van der Waals surface area contributed by atoms with Crippen LogP contribution < -0.4 is 5.32 Å². The number of carbonyl (C=O) groups is 2. The monoisotopic (exact) mass is 327 g/mol. The van der Waals surface area contributed by atoms with Crippen molar-refractivity contribution in [1.29, 1.82) is 0 Å². The summed E-state index contributed by atoms with van der Waals surface area (Å²) in [5, 5.41) is 11.7. The van der Waals surface area contributed by atoms with Crippen LogP contribution in [0, 0.1) is 12.8 Å². The van der Waals surface area contributed by atoms with Gasteiger partial charge >= 0.3 is 5.97 Å². The maximum atomic E-state index is 12.3. The van der Waals surface area contributed by atoms with Gasteiger partial charge in [0.25, 0.3) is 5.91 Å². The lowest BCUT2D eigenvalue weighted by Gasteiger charge is -2.20. The average Bonchev–Trinajstić information content (AvgIpc) is 2.42. The van der Waals surface area contributed by atoms with Crippen molar-refractivity contribution < 1.29 is 23.1 Å². The molecule has 2 atom stereocenters. The Morgan fingerprint density at radius 1 is 1.32 bits per heavy atom. The van der Waals surface area contributed by atoms with Crippen molar-refractivity contribution in [1.82, 2.24) is 5.32 Å². The second kappa shape index (κ2) is 6.91. The lowest BCUT2D eigenvalue weighted by Crippen LogP contribution is -2.45. The number of benzene rings is 1. The van der Waals surface area contributed by atoms with Crippen molar-refractivity contribution in [3.8, 4) is 0 Å². The Morgan fingerprint density at radius 2 is 1.91 bits per heavy atom. The van der Waals surface area contributed by atoms with E-state index in [1.807, 2.05) is 6.92 Å². The van der Waals surface area contributed by atoms with Crippen LogP contribution in [0.4, 0.5) is 0 Å². The Kier molecular flexibility index (Phi) is 5.71. The third-order valence-electron chi connectivity index (χ3n) is 3.65. The summed E-state index contributed by atoms with van der Waals surface area (Å²) in [6.07, 6.45) is 1.65. The van der Waals surface area contributed by atoms with Gasteiger partial charge < -0.3 is 10.4 Å². The fourth-order valence-electron chi connectivity index (χ4n) is 1.98. The molecule has 0 unspecified atom stereocenters. The van der Waals surface area contributed by atoms with Crippen LogP contribution in [0.15, 0.2) is 23.1 Å². The van der Waals surface area contributed by atoms with Gasteiger partial charge in [-0.15, -0.1) is 0 Å². The molecule has 0 aliphatic rings. The molecule has 2 N–H and O–H groups in total. The highest BCUT2D eigenvalue weighted by Gasteiger charge is 2.26. The number of hydrogen-bond acceptors (Lipinski definition) is 4. The van der Waals surface area contributed by atoms with Gasteiger partial charge in [0.15, 0.2) is 9.84 Å². The Bertz CT molecular complexity index is 681. The first-order valence-corrected chi connectivity index (χ1v) is 8.81. The largest absolute Gasteiger partial charge is 0.480 e. The zero-order chi connectivity index (χ0) is 17.1. The van der Waals surface area contributed by atoms with Crippen LogP contribution in [0.2, 0.25) is 0 Å². The number of nitrogens with one attached hydrogen (secondary N) is 1. The minimum atomic E-state index is -3.44. The summed E-state index contributed by atoms with van der Waals surface area (Å²) < 4.78 is 23.2. The number of carbonyl (C=O) groups excluding carboxylic acids is 1. The number of hydrogen-bond donors (Lipinski definition) is 2. The van der Waals surface area contributed by atoms with E-state index in [2.05, 4.69) is 5.32 Å². The van der Waals surface area contributed by atoms with E-state index in [9.17, 15) is 23.1 Å². The molecule has 0 fully saturated rings. The zero-order valence-corrected chi connectivity index (χ0v) is 13.9. The molecular weight excluding hydrogens is 306 g/mol. The molecule has 7 heteroatoms. The first kappa shape index (κ1) is 18.2. The molecule has 0 heterocycles. The minimum Gasteiger partial charge on any atom is -0.480 e. The van der Waals surface area contributed by atoms with Crippen molar-refractivity contribution in [3.05, 3.63) is 29.3 Å². The first-order valence-electron chi connectivity index (χ1n) is 6.92. The fraction of sp³-hybridized carbons (Fsp3) is 0.467. The molecule has 0 bridgehead atoms. The Labute approximate surface area is 130 Å². The van der Waals surface area contributed by atoms with Crippen molar-refractivity contribution in [3.63, 3.8) is 0 Å². The van der Waals surface area contributed by atoms with Gasteiger partial charge in [0.1, 0.15) is 6.04 Å². The van der Waals surface area contributed by atoms with E-state index in [1.165, 1.54) is 18.2 Å². The topological polar surface area (TPSA) is 101 Å². The highest BCUT2D eigenvalue weighted by molar-refractivity contribution is 7.90.